The molecule has 0 saturated heterocycles. The van der Waals surface area contributed by atoms with E-state index in [4.69, 9.17) is 0 Å². The second-order valence-corrected chi connectivity index (χ2v) is 4.35. The highest BCUT2D eigenvalue weighted by molar-refractivity contribution is 5.89. The van der Waals surface area contributed by atoms with Gasteiger partial charge in [-0.05, 0) is 30.3 Å². The highest BCUT2D eigenvalue weighted by Gasteiger charge is 2.33. The summed E-state index contributed by atoms with van der Waals surface area (Å²) >= 11 is 0. The van der Waals surface area contributed by atoms with Gasteiger partial charge in [-0.1, -0.05) is 0 Å². The molecule has 1 aromatic carbocycles. The minimum absolute atomic E-state index is 0.0893. The first-order valence-electron chi connectivity index (χ1n) is 6.26. The molecule has 2 rings (SSSR count). The fraction of sp³-hybridized carbons (Fsp3) is 0.231. The monoisotopic (exact) mass is 316 g/mol. The molecule has 0 unspecified atom stereocenters. The number of carbonyl (C=O) groups excluding carboxylic acids is 1. The smallest absolute Gasteiger partial charge is 0.336 e. The van der Waals surface area contributed by atoms with Crippen LogP contribution in [-0.4, -0.2) is 22.4 Å². The van der Waals surface area contributed by atoms with Crippen molar-refractivity contribution >= 4 is 11.7 Å². The van der Waals surface area contributed by atoms with Crippen LogP contribution in [0.4, 0.5) is 28.0 Å². The summed E-state index contributed by atoms with van der Waals surface area (Å²) in [6, 6.07) is 5.47. The first kappa shape index (κ1) is 15.8. The van der Waals surface area contributed by atoms with E-state index in [2.05, 4.69) is 15.7 Å². The molecule has 1 heterocycles. The molecular weight excluding hydrogens is 304 g/mol. The lowest BCUT2D eigenvalue weighted by Crippen LogP contribution is -2.31. The molecule has 0 aliphatic carbocycles. The number of alkyl halides is 3. The van der Waals surface area contributed by atoms with Crippen molar-refractivity contribution in [3.8, 4) is 0 Å². The van der Waals surface area contributed by atoms with Gasteiger partial charge in [0.25, 0.3) is 0 Å². The van der Waals surface area contributed by atoms with E-state index in [0.29, 0.717) is 5.69 Å². The Morgan fingerprint density at radius 3 is 2.45 bits per heavy atom. The van der Waals surface area contributed by atoms with E-state index in [0.717, 1.165) is 10.7 Å². The van der Waals surface area contributed by atoms with Crippen molar-refractivity contribution in [2.75, 3.05) is 11.9 Å². The number of nitrogens with one attached hydrogen (secondary N) is 2. The van der Waals surface area contributed by atoms with Gasteiger partial charge in [0.1, 0.15) is 5.82 Å². The summed E-state index contributed by atoms with van der Waals surface area (Å²) in [6.45, 7) is 0.179. The molecule has 0 spiro atoms. The standard InChI is InChI=1S/C13H12F4N4O/c14-9-1-3-10(4-2-9)19-12(22)18-6-8-21-7-5-11(20-21)13(15,16)17/h1-5,7H,6,8H2,(H2,18,19,22). The summed E-state index contributed by atoms with van der Waals surface area (Å²) in [7, 11) is 0. The number of nitrogens with zero attached hydrogens (tertiary/aromatic N) is 2. The maximum Gasteiger partial charge on any atom is 0.435 e. The van der Waals surface area contributed by atoms with Crippen LogP contribution in [0.3, 0.4) is 0 Å². The van der Waals surface area contributed by atoms with E-state index in [1.165, 1.54) is 30.5 Å². The van der Waals surface area contributed by atoms with Gasteiger partial charge in [-0.3, -0.25) is 4.68 Å². The Bertz CT molecular complexity index is 636. The molecule has 118 valence electrons. The topological polar surface area (TPSA) is 59.0 Å². The zero-order chi connectivity index (χ0) is 16.2. The van der Waals surface area contributed by atoms with Crippen molar-refractivity contribution in [3.63, 3.8) is 0 Å². The molecule has 2 amide bonds. The summed E-state index contributed by atoms with van der Waals surface area (Å²) in [6.07, 6.45) is -3.30. The largest absolute Gasteiger partial charge is 0.435 e. The lowest BCUT2D eigenvalue weighted by molar-refractivity contribution is -0.141. The predicted octanol–water partition coefficient (Wildman–Crippen LogP) is 2.86. The van der Waals surface area contributed by atoms with Gasteiger partial charge in [0.2, 0.25) is 0 Å². The number of anilines is 1. The average molecular weight is 316 g/mol. The third-order valence-electron chi connectivity index (χ3n) is 2.66. The second-order valence-electron chi connectivity index (χ2n) is 4.35. The Labute approximate surface area is 122 Å². The number of halogens is 4. The number of hydrogen-bond acceptors (Lipinski definition) is 2. The lowest BCUT2D eigenvalue weighted by Gasteiger charge is -2.08. The number of aromatic nitrogens is 2. The number of benzene rings is 1. The summed E-state index contributed by atoms with van der Waals surface area (Å²) in [5.41, 5.74) is -0.583. The summed E-state index contributed by atoms with van der Waals surface area (Å²) in [5, 5.41) is 8.27. The van der Waals surface area contributed by atoms with Crippen molar-refractivity contribution in [2.24, 2.45) is 0 Å². The first-order valence-corrected chi connectivity index (χ1v) is 6.26. The highest BCUT2D eigenvalue weighted by atomic mass is 19.4. The zero-order valence-corrected chi connectivity index (χ0v) is 11.2. The Kier molecular flexibility index (Phi) is 4.64. The molecule has 0 aliphatic heterocycles. The number of rotatable bonds is 4. The molecule has 2 N–H and O–H groups in total. The van der Waals surface area contributed by atoms with E-state index in [1.807, 2.05) is 0 Å². The quantitative estimate of drug-likeness (QED) is 0.852. The van der Waals surface area contributed by atoms with Crippen LogP contribution in [0.15, 0.2) is 36.5 Å². The minimum atomic E-state index is -4.49. The molecular formula is C13H12F4N4O. The van der Waals surface area contributed by atoms with Crippen molar-refractivity contribution in [2.45, 2.75) is 12.7 Å². The van der Waals surface area contributed by atoms with Gasteiger partial charge in [-0.15, -0.1) is 0 Å². The number of carbonyl (C=O) groups is 1. The number of urea groups is 1. The van der Waals surface area contributed by atoms with Crippen LogP contribution in [-0.2, 0) is 12.7 Å². The molecule has 5 nitrogen and oxygen atoms in total. The van der Waals surface area contributed by atoms with E-state index in [9.17, 15) is 22.4 Å². The van der Waals surface area contributed by atoms with Gasteiger partial charge >= 0.3 is 12.2 Å². The third kappa shape index (κ3) is 4.47. The fourth-order valence-electron chi connectivity index (χ4n) is 1.63. The zero-order valence-electron chi connectivity index (χ0n) is 11.2. The molecule has 2 aromatic rings. The van der Waals surface area contributed by atoms with Crippen LogP contribution in [0.1, 0.15) is 5.69 Å². The molecule has 0 atom stereocenters. The first-order chi connectivity index (χ1) is 10.3. The minimum Gasteiger partial charge on any atom is -0.336 e. The van der Waals surface area contributed by atoms with Gasteiger partial charge in [0.15, 0.2) is 5.69 Å². The van der Waals surface area contributed by atoms with Crippen molar-refractivity contribution in [1.82, 2.24) is 15.1 Å². The van der Waals surface area contributed by atoms with Crippen LogP contribution < -0.4 is 10.6 Å². The molecule has 0 fully saturated rings. The maximum atomic E-state index is 12.7. The van der Waals surface area contributed by atoms with E-state index < -0.39 is 23.7 Å². The summed E-state index contributed by atoms with van der Waals surface area (Å²) in [4.78, 5) is 11.5. The van der Waals surface area contributed by atoms with Gasteiger partial charge < -0.3 is 10.6 Å². The summed E-state index contributed by atoms with van der Waals surface area (Å²) < 4.78 is 50.8. The van der Waals surface area contributed by atoms with E-state index in [1.54, 1.807) is 0 Å². The van der Waals surface area contributed by atoms with Crippen molar-refractivity contribution in [1.29, 1.82) is 0 Å². The SMILES string of the molecule is O=C(NCCn1ccc(C(F)(F)F)n1)Nc1ccc(F)cc1. The molecule has 0 bridgehead atoms. The van der Waals surface area contributed by atoms with Crippen LogP contribution in [0.5, 0.6) is 0 Å². The molecule has 22 heavy (non-hydrogen) atoms. The fourth-order valence-corrected chi connectivity index (χ4v) is 1.63. The Morgan fingerprint density at radius 1 is 1.18 bits per heavy atom. The second kappa shape index (κ2) is 6.46. The maximum absolute atomic E-state index is 12.7. The molecule has 0 saturated carbocycles. The molecule has 0 aliphatic rings. The van der Waals surface area contributed by atoms with Gasteiger partial charge in [-0.25, -0.2) is 9.18 Å². The van der Waals surface area contributed by atoms with Crippen molar-refractivity contribution in [3.05, 3.63) is 48.0 Å². The molecule has 1 aromatic heterocycles. The normalized spacial score (nSPS) is 11.3. The van der Waals surface area contributed by atoms with Crippen LogP contribution in [0.25, 0.3) is 0 Å². The van der Waals surface area contributed by atoms with Gasteiger partial charge in [-0.2, -0.15) is 18.3 Å². The predicted molar refractivity (Wildman–Crippen MR) is 70.7 cm³/mol. The molecule has 9 heteroatoms. The van der Waals surface area contributed by atoms with E-state index in [-0.39, 0.29) is 13.1 Å². The number of amides is 2. The Morgan fingerprint density at radius 2 is 1.86 bits per heavy atom. The Hall–Kier alpha value is -2.58. The third-order valence-corrected chi connectivity index (χ3v) is 2.66. The average Bonchev–Trinajstić information content (AvgIpc) is 2.90. The van der Waals surface area contributed by atoms with Crippen LogP contribution in [0.2, 0.25) is 0 Å². The van der Waals surface area contributed by atoms with Crippen molar-refractivity contribution < 1.29 is 22.4 Å². The highest BCUT2D eigenvalue weighted by Crippen LogP contribution is 2.27. The van der Waals surface area contributed by atoms with E-state index >= 15 is 0 Å². The lowest BCUT2D eigenvalue weighted by atomic mass is 10.3. The van der Waals surface area contributed by atoms with Crippen LogP contribution >= 0.6 is 0 Å². The van der Waals surface area contributed by atoms with Crippen LogP contribution in [0, 0.1) is 5.82 Å². The molecule has 0 radical (unpaired) electrons. The van der Waals surface area contributed by atoms with Gasteiger partial charge in [0, 0.05) is 18.4 Å². The Balaban J connectivity index is 1.77. The van der Waals surface area contributed by atoms with Gasteiger partial charge in [0.05, 0.1) is 6.54 Å². The number of hydrogen-bond donors (Lipinski definition) is 2. The summed E-state index contributed by atoms with van der Waals surface area (Å²) in [5.74, 6) is -0.426.